The van der Waals surface area contributed by atoms with Crippen molar-refractivity contribution in [2.24, 2.45) is 0 Å². The molecule has 2 rings (SSSR count). The van der Waals surface area contributed by atoms with Crippen molar-refractivity contribution in [2.45, 2.75) is 11.7 Å². The van der Waals surface area contributed by atoms with E-state index in [1.54, 1.807) is 30.4 Å². The number of aromatic nitrogens is 2. The summed E-state index contributed by atoms with van der Waals surface area (Å²) in [5.41, 5.74) is 0.347. The lowest BCUT2D eigenvalue weighted by Gasteiger charge is -2.11. The quantitative estimate of drug-likeness (QED) is 0.474. The molecule has 0 aliphatic carbocycles. The summed E-state index contributed by atoms with van der Waals surface area (Å²) >= 11 is 7.15. The maximum atomic E-state index is 12.6. The summed E-state index contributed by atoms with van der Waals surface area (Å²) in [4.78, 5) is 28.8. The number of carbonyl (C=O) groups is 1. The van der Waals surface area contributed by atoms with Gasteiger partial charge < -0.3 is 5.32 Å². The monoisotopic (exact) mass is 349 g/mol. The van der Waals surface area contributed by atoms with E-state index >= 15 is 0 Å². The molecule has 2 aromatic rings. The number of halogens is 1. The van der Waals surface area contributed by atoms with Crippen molar-refractivity contribution in [3.8, 4) is 0 Å². The SMILES string of the molecule is C=CCNC(=O)CSc1nc2ccc(Cl)cc2c(=O)n1CC=C. The first-order chi connectivity index (χ1) is 11.1. The topological polar surface area (TPSA) is 64.0 Å². The number of amides is 1. The number of allylic oxidation sites excluding steroid dienone is 1. The van der Waals surface area contributed by atoms with Crippen LogP contribution in [0.25, 0.3) is 10.9 Å². The van der Waals surface area contributed by atoms with E-state index in [-0.39, 0.29) is 17.2 Å². The Hall–Kier alpha value is -2.05. The molecule has 0 aliphatic rings. The third-order valence-corrected chi connectivity index (χ3v) is 4.18. The first-order valence-corrected chi connectivity index (χ1v) is 8.24. The molecular formula is C16H16ClN3O2S. The highest BCUT2D eigenvalue weighted by atomic mass is 35.5. The summed E-state index contributed by atoms with van der Waals surface area (Å²) in [6.45, 7) is 7.92. The lowest BCUT2D eigenvalue weighted by atomic mass is 10.2. The van der Waals surface area contributed by atoms with Gasteiger partial charge in [-0.3, -0.25) is 14.2 Å². The standard InChI is InChI=1S/C16H16ClN3O2S/c1-3-7-18-14(21)10-23-16-19-13-6-5-11(17)9-12(13)15(22)20(16)8-4-2/h3-6,9H,1-2,7-8,10H2,(H,18,21). The van der Waals surface area contributed by atoms with Crippen LogP contribution in [-0.2, 0) is 11.3 Å². The van der Waals surface area contributed by atoms with Crippen LogP contribution >= 0.6 is 23.4 Å². The minimum Gasteiger partial charge on any atom is -0.352 e. The van der Waals surface area contributed by atoms with E-state index in [2.05, 4.69) is 23.5 Å². The number of thioether (sulfide) groups is 1. The van der Waals surface area contributed by atoms with E-state index in [1.807, 2.05) is 0 Å². The Labute approximate surface area is 143 Å². The number of carbonyl (C=O) groups excluding carboxylic acids is 1. The van der Waals surface area contributed by atoms with Crippen molar-refractivity contribution >= 4 is 40.2 Å². The van der Waals surface area contributed by atoms with Gasteiger partial charge in [-0.15, -0.1) is 13.2 Å². The first-order valence-electron chi connectivity index (χ1n) is 6.88. The molecule has 0 radical (unpaired) electrons. The molecular weight excluding hydrogens is 334 g/mol. The lowest BCUT2D eigenvalue weighted by molar-refractivity contribution is -0.118. The van der Waals surface area contributed by atoms with Gasteiger partial charge >= 0.3 is 0 Å². The van der Waals surface area contributed by atoms with Gasteiger partial charge in [-0.05, 0) is 18.2 Å². The van der Waals surface area contributed by atoms with Gasteiger partial charge in [0.25, 0.3) is 5.56 Å². The van der Waals surface area contributed by atoms with Crippen LogP contribution in [0.15, 0.2) is 53.5 Å². The summed E-state index contributed by atoms with van der Waals surface area (Å²) < 4.78 is 1.48. The minimum absolute atomic E-state index is 0.148. The van der Waals surface area contributed by atoms with E-state index in [0.717, 1.165) is 0 Å². The van der Waals surface area contributed by atoms with Gasteiger partial charge in [0.2, 0.25) is 5.91 Å². The van der Waals surface area contributed by atoms with Gasteiger partial charge in [0.15, 0.2) is 5.16 Å². The summed E-state index contributed by atoms with van der Waals surface area (Å²) in [5, 5.41) is 4.08. The van der Waals surface area contributed by atoms with E-state index in [0.29, 0.717) is 34.2 Å². The minimum atomic E-state index is -0.202. The zero-order chi connectivity index (χ0) is 16.8. The maximum Gasteiger partial charge on any atom is 0.262 e. The van der Waals surface area contributed by atoms with Crippen molar-refractivity contribution in [1.82, 2.24) is 14.9 Å². The van der Waals surface area contributed by atoms with Gasteiger partial charge in [-0.1, -0.05) is 35.5 Å². The van der Waals surface area contributed by atoms with Gasteiger partial charge in [-0.2, -0.15) is 0 Å². The van der Waals surface area contributed by atoms with E-state index in [9.17, 15) is 9.59 Å². The predicted molar refractivity (Wildman–Crippen MR) is 95.1 cm³/mol. The normalized spacial score (nSPS) is 10.5. The molecule has 23 heavy (non-hydrogen) atoms. The zero-order valence-electron chi connectivity index (χ0n) is 12.4. The molecule has 7 heteroatoms. The number of nitrogens with one attached hydrogen (secondary N) is 1. The molecule has 5 nitrogen and oxygen atoms in total. The largest absolute Gasteiger partial charge is 0.352 e. The van der Waals surface area contributed by atoms with Crippen LogP contribution in [0.1, 0.15) is 0 Å². The second-order valence-corrected chi connectivity index (χ2v) is 6.02. The zero-order valence-corrected chi connectivity index (χ0v) is 14.0. The summed E-state index contributed by atoms with van der Waals surface area (Å²) in [5.74, 6) is 0.0155. The van der Waals surface area contributed by atoms with Crippen LogP contribution in [0.5, 0.6) is 0 Å². The molecule has 0 saturated heterocycles. The van der Waals surface area contributed by atoms with Gasteiger partial charge in [0, 0.05) is 18.1 Å². The Bertz CT molecular complexity index is 817. The molecule has 0 fully saturated rings. The van der Waals surface area contributed by atoms with E-state index in [1.165, 1.54) is 16.3 Å². The fourth-order valence-electron chi connectivity index (χ4n) is 1.94. The summed E-state index contributed by atoms with van der Waals surface area (Å²) in [6, 6.07) is 4.97. The molecule has 0 bridgehead atoms. The van der Waals surface area contributed by atoms with Crippen molar-refractivity contribution < 1.29 is 4.79 Å². The molecule has 0 saturated carbocycles. The number of rotatable bonds is 7. The first kappa shape index (κ1) is 17.3. The van der Waals surface area contributed by atoms with Crippen LogP contribution in [0, 0.1) is 0 Å². The molecule has 1 aromatic heterocycles. The van der Waals surface area contributed by atoms with Crippen molar-refractivity contribution in [2.75, 3.05) is 12.3 Å². The highest BCUT2D eigenvalue weighted by Crippen LogP contribution is 2.20. The van der Waals surface area contributed by atoms with Crippen molar-refractivity contribution in [1.29, 1.82) is 0 Å². The number of fused-ring (bicyclic) bond motifs is 1. The molecule has 0 atom stereocenters. The average molecular weight is 350 g/mol. The van der Waals surface area contributed by atoms with Crippen LogP contribution < -0.4 is 10.9 Å². The molecule has 0 unspecified atom stereocenters. The fraction of sp³-hybridized carbons (Fsp3) is 0.188. The Morgan fingerprint density at radius 1 is 1.39 bits per heavy atom. The highest BCUT2D eigenvalue weighted by molar-refractivity contribution is 7.99. The van der Waals surface area contributed by atoms with E-state index < -0.39 is 0 Å². The van der Waals surface area contributed by atoms with Crippen LogP contribution in [-0.4, -0.2) is 27.8 Å². The van der Waals surface area contributed by atoms with Crippen molar-refractivity contribution in [3.63, 3.8) is 0 Å². The fourth-order valence-corrected chi connectivity index (χ4v) is 2.95. The van der Waals surface area contributed by atoms with Gasteiger partial charge in [0.1, 0.15) is 0 Å². The van der Waals surface area contributed by atoms with E-state index in [4.69, 9.17) is 11.6 Å². The molecule has 1 aromatic carbocycles. The molecule has 120 valence electrons. The molecule has 1 N–H and O–H groups in total. The summed E-state index contributed by atoms with van der Waals surface area (Å²) in [7, 11) is 0. The van der Waals surface area contributed by atoms with Gasteiger partial charge in [0.05, 0.1) is 16.7 Å². The Morgan fingerprint density at radius 2 is 2.17 bits per heavy atom. The van der Waals surface area contributed by atoms with Crippen LogP contribution in [0.2, 0.25) is 5.02 Å². The average Bonchev–Trinajstić information content (AvgIpc) is 2.54. The molecule has 1 amide bonds. The third kappa shape index (κ3) is 4.24. The summed E-state index contributed by atoms with van der Waals surface area (Å²) in [6.07, 6.45) is 3.22. The maximum absolute atomic E-state index is 12.6. The van der Waals surface area contributed by atoms with Crippen LogP contribution in [0.4, 0.5) is 0 Å². The second-order valence-electron chi connectivity index (χ2n) is 4.64. The van der Waals surface area contributed by atoms with Crippen molar-refractivity contribution in [3.05, 3.63) is 58.9 Å². The molecule has 1 heterocycles. The smallest absolute Gasteiger partial charge is 0.262 e. The lowest BCUT2D eigenvalue weighted by Crippen LogP contribution is -2.27. The number of nitrogens with zero attached hydrogens (tertiary/aromatic N) is 2. The highest BCUT2D eigenvalue weighted by Gasteiger charge is 2.12. The number of hydrogen-bond donors (Lipinski definition) is 1. The molecule has 0 aliphatic heterocycles. The second kappa shape index (κ2) is 7.99. The Kier molecular flexibility index (Phi) is 6.01. The van der Waals surface area contributed by atoms with Crippen LogP contribution in [0.3, 0.4) is 0 Å². The number of benzene rings is 1. The Balaban J connectivity index is 2.37. The predicted octanol–water partition coefficient (Wildman–Crippen LogP) is 2.63. The third-order valence-electron chi connectivity index (χ3n) is 2.97. The molecule has 0 spiro atoms. The Morgan fingerprint density at radius 3 is 2.87 bits per heavy atom. The number of hydrogen-bond acceptors (Lipinski definition) is 4. The van der Waals surface area contributed by atoms with Gasteiger partial charge in [-0.25, -0.2) is 4.98 Å².